The highest BCUT2D eigenvalue weighted by Crippen LogP contribution is 2.30. The SMILES string of the molecule is Cc1ccc(C(C)C)c(O)c1C.c1ccccc1. The first-order valence-electron chi connectivity index (χ1n) is 6.33. The first-order chi connectivity index (χ1) is 8.54. The van der Waals surface area contributed by atoms with E-state index in [-0.39, 0.29) is 0 Å². The lowest BCUT2D eigenvalue weighted by molar-refractivity contribution is 0.460. The number of phenolic OH excluding ortho intramolecular Hbond substituents is 1. The summed E-state index contributed by atoms with van der Waals surface area (Å²) < 4.78 is 0. The number of benzene rings is 2. The lowest BCUT2D eigenvalue weighted by atomic mass is 9.97. The van der Waals surface area contributed by atoms with Gasteiger partial charge in [-0.2, -0.15) is 0 Å². The molecule has 1 nitrogen and oxygen atoms in total. The van der Waals surface area contributed by atoms with Crippen molar-refractivity contribution in [2.24, 2.45) is 0 Å². The minimum absolute atomic E-state index is 0.393. The molecule has 96 valence electrons. The van der Waals surface area contributed by atoms with Gasteiger partial charge in [-0.3, -0.25) is 0 Å². The van der Waals surface area contributed by atoms with Gasteiger partial charge in [0.15, 0.2) is 0 Å². The second-order valence-corrected chi connectivity index (χ2v) is 4.75. The van der Waals surface area contributed by atoms with Crippen LogP contribution >= 0.6 is 0 Å². The van der Waals surface area contributed by atoms with Crippen molar-refractivity contribution in [1.29, 1.82) is 0 Å². The zero-order valence-electron chi connectivity index (χ0n) is 11.6. The van der Waals surface area contributed by atoms with Crippen LogP contribution in [0.5, 0.6) is 5.75 Å². The summed E-state index contributed by atoms with van der Waals surface area (Å²) in [7, 11) is 0. The van der Waals surface area contributed by atoms with E-state index in [1.54, 1.807) is 0 Å². The van der Waals surface area contributed by atoms with Gasteiger partial charge in [0, 0.05) is 0 Å². The Bertz CT molecular complexity index is 446. The molecule has 1 N–H and O–H groups in total. The monoisotopic (exact) mass is 242 g/mol. The molecule has 0 saturated heterocycles. The van der Waals surface area contributed by atoms with Crippen LogP contribution in [0, 0.1) is 13.8 Å². The molecule has 2 aromatic carbocycles. The zero-order valence-corrected chi connectivity index (χ0v) is 11.6. The standard InChI is InChI=1S/C11H16O.C6H6/c1-7(2)10-6-5-8(3)9(4)11(10)12;1-2-4-6-5-3-1/h5-7,12H,1-4H3;1-6H. The van der Waals surface area contributed by atoms with Crippen LogP contribution in [0.1, 0.15) is 36.5 Å². The molecule has 1 heteroatoms. The maximum Gasteiger partial charge on any atom is 0.122 e. The zero-order chi connectivity index (χ0) is 13.5. The van der Waals surface area contributed by atoms with Gasteiger partial charge in [-0.1, -0.05) is 62.4 Å². The number of hydrogen-bond acceptors (Lipinski definition) is 1. The quantitative estimate of drug-likeness (QED) is 0.760. The Labute approximate surface area is 110 Å². The average Bonchev–Trinajstić information content (AvgIpc) is 2.38. The fraction of sp³-hybridized carbons (Fsp3) is 0.294. The van der Waals surface area contributed by atoms with E-state index in [2.05, 4.69) is 19.9 Å². The van der Waals surface area contributed by atoms with E-state index in [0.717, 1.165) is 16.7 Å². The number of hydrogen-bond donors (Lipinski definition) is 1. The Morgan fingerprint density at radius 2 is 1.28 bits per heavy atom. The van der Waals surface area contributed by atoms with E-state index in [0.29, 0.717) is 11.7 Å². The Hall–Kier alpha value is -1.76. The van der Waals surface area contributed by atoms with Crippen molar-refractivity contribution in [3.63, 3.8) is 0 Å². The van der Waals surface area contributed by atoms with Crippen molar-refractivity contribution in [2.75, 3.05) is 0 Å². The largest absolute Gasteiger partial charge is 0.507 e. The molecule has 0 aliphatic rings. The molecule has 0 amide bonds. The van der Waals surface area contributed by atoms with Gasteiger partial charge in [-0.05, 0) is 36.5 Å². The minimum Gasteiger partial charge on any atom is -0.507 e. The van der Waals surface area contributed by atoms with Crippen LogP contribution in [0.2, 0.25) is 0 Å². The van der Waals surface area contributed by atoms with Gasteiger partial charge in [-0.15, -0.1) is 0 Å². The van der Waals surface area contributed by atoms with E-state index < -0.39 is 0 Å². The molecule has 2 rings (SSSR count). The third-order valence-electron chi connectivity index (χ3n) is 3.02. The van der Waals surface area contributed by atoms with Crippen molar-refractivity contribution < 1.29 is 5.11 Å². The predicted molar refractivity (Wildman–Crippen MR) is 78.1 cm³/mol. The van der Waals surface area contributed by atoms with Crippen molar-refractivity contribution in [2.45, 2.75) is 33.6 Å². The van der Waals surface area contributed by atoms with E-state index in [9.17, 15) is 5.11 Å². The molecule has 0 bridgehead atoms. The van der Waals surface area contributed by atoms with Crippen molar-refractivity contribution in [3.8, 4) is 5.75 Å². The van der Waals surface area contributed by atoms with Crippen molar-refractivity contribution in [1.82, 2.24) is 0 Å². The van der Waals surface area contributed by atoms with Gasteiger partial charge in [0.05, 0.1) is 0 Å². The Balaban J connectivity index is 0.000000225. The first kappa shape index (κ1) is 14.3. The topological polar surface area (TPSA) is 20.2 Å². The van der Waals surface area contributed by atoms with Crippen LogP contribution in [0.25, 0.3) is 0 Å². The van der Waals surface area contributed by atoms with Crippen LogP contribution in [0.3, 0.4) is 0 Å². The molecule has 0 aliphatic carbocycles. The van der Waals surface area contributed by atoms with Gasteiger partial charge < -0.3 is 5.11 Å². The number of aromatic hydroxyl groups is 1. The summed E-state index contributed by atoms with van der Waals surface area (Å²) in [5, 5.41) is 9.75. The van der Waals surface area contributed by atoms with Gasteiger partial charge in [0.25, 0.3) is 0 Å². The van der Waals surface area contributed by atoms with Crippen LogP contribution in [-0.4, -0.2) is 5.11 Å². The van der Waals surface area contributed by atoms with Crippen molar-refractivity contribution >= 4 is 0 Å². The normalized spacial score (nSPS) is 9.83. The molecule has 18 heavy (non-hydrogen) atoms. The lowest BCUT2D eigenvalue weighted by Crippen LogP contribution is -1.91. The molecule has 0 fully saturated rings. The minimum atomic E-state index is 0.393. The molecule has 0 unspecified atom stereocenters. The van der Waals surface area contributed by atoms with Gasteiger partial charge in [0.2, 0.25) is 0 Å². The highest BCUT2D eigenvalue weighted by atomic mass is 16.3. The summed E-state index contributed by atoms with van der Waals surface area (Å²) >= 11 is 0. The van der Waals surface area contributed by atoms with E-state index in [1.165, 1.54) is 0 Å². The Morgan fingerprint density at radius 3 is 1.67 bits per heavy atom. The predicted octanol–water partition coefficient (Wildman–Crippen LogP) is 4.82. The molecule has 0 radical (unpaired) electrons. The van der Waals surface area contributed by atoms with E-state index in [4.69, 9.17) is 0 Å². The van der Waals surface area contributed by atoms with Gasteiger partial charge in [-0.25, -0.2) is 0 Å². The third-order valence-corrected chi connectivity index (χ3v) is 3.02. The van der Waals surface area contributed by atoms with Crippen LogP contribution in [0.15, 0.2) is 48.5 Å². The summed E-state index contributed by atoms with van der Waals surface area (Å²) in [4.78, 5) is 0. The summed E-state index contributed by atoms with van der Waals surface area (Å²) in [6, 6.07) is 16.1. The summed E-state index contributed by atoms with van der Waals surface area (Å²) in [6.45, 7) is 8.14. The maximum absolute atomic E-state index is 9.75. The van der Waals surface area contributed by atoms with Crippen LogP contribution in [-0.2, 0) is 0 Å². The third kappa shape index (κ3) is 3.92. The van der Waals surface area contributed by atoms with Crippen LogP contribution in [0.4, 0.5) is 0 Å². The smallest absolute Gasteiger partial charge is 0.122 e. The first-order valence-corrected chi connectivity index (χ1v) is 6.33. The molecule has 2 aromatic rings. The molecular weight excluding hydrogens is 220 g/mol. The summed E-state index contributed by atoms with van der Waals surface area (Å²) in [6.07, 6.45) is 0. The van der Waals surface area contributed by atoms with Crippen molar-refractivity contribution in [3.05, 3.63) is 65.2 Å². The number of phenols is 1. The molecule has 0 aliphatic heterocycles. The summed E-state index contributed by atoms with van der Waals surface area (Å²) in [5.74, 6) is 0.856. The molecule has 0 spiro atoms. The Kier molecular flexibility index (Phi) is 5.44. The molecule has 0 heterocycles. The highest BCUT2D eigenvalue weighted by Gasteiger charge is 2.08. The van der Waals surface area contributed by atoms with E-state index in [1.807, 2.05) is 56.3 Å². The molecule has 0 atom stereocenters. The van der Waals surface area contributed by atoms with E-state index >= 15 is 0 Å². The maximum atomic E-state index is 9.75. The number of rotatable bonds is 1. The highest BCUT2D eigenvalue weighted by molar-refractivity contribution is 5.45. The molecule has 0 aromatic heterocycles. The van der Waals surface area contributed by atoms with Gasteiger partial charge >= 0.3 is 0 Å². The fourth-order valence-electron chi connectivity index (χ4n) is 1.67. The lowest BCUT2D eigenvalue weighted by Gasteiger charge is -2.11. The average molecular weight is 242 g/mol. The van der Waals surface area contributed by atoms with Gasteiger partial charge in [0.1, 0.15) is 5.75 Å². The fourth-order valence-corrected chi connectivity index (χ4v) is 1.67. The number of aryl methyl sites for hydroxylation is 1. The summed E-state index contributed by atoms with van der Waals surface area (Å²) in [5.41, 5.74) is 3.19. The Morgan fingerprint density at radius 1 is 0.833 bits per heavy atom. The molecular formula is C17H22O. The second-order valence-electron chi connectivity index (χ2n) is 4.75. The second kappa shape index (κ2) is 6.85. The van der Waals surface area contributed by atoms with Crippen LogP contribution < -0.4 is 0 Å². The molecule has 0 saturated carbocycles.